The molecule has 19 heavy (non-hydrogen) atoms. The zero-order valence-corrected chi connectivity index (χ0v) is 9.96. The van der Waals surface area contributed by atoms with Gasteiger partial charge in [-0.2, -0.15) is 5.26 Å². The summed E-state index contributed by atoms with van der Waals surface area (Å²) in [4.78, 5) is 11.3. The maximum Gasteiger partial charge on any atom is 0.252 e. The number of anilines is 1. The van der Waals surface area contributed by atoms with Crippen molar-refractivity contribution in [3.8, 4) is 17.6 Å². The van der Waals surface area contributed by atoms with E-state index in [1.807, 2.05) is 6.07 Å². The van der Waals surface area contributed by atoms with Gasteiger partial charge < -0.3 is 16.2 Å². The SMILES string of the molecule is N#Cc1ccc(Oc2ccc(N)cc2C(N)=O)cc1. The lowest BCUT2D eigenvalue weighted by Gasteiger charge is -2.09. The van der Waals surface area contributed by atoms with Crippen LogP contribution in [0.15, 0.2) is 42.5 Å². The van der Waals surface area contributed by atoms with Crippen molar-refractivity contribution >= 4 is 11.6 Å². The second kappa shape index (κ2) is 5.10. The molecule has 5 nitrogen and oxygen atoms in total. The second-order valence-electron chi connectivity index (χ2n) is 3.86. The number of hydrogen-bond acceptors (Lipinski definition) is 4. The van der Waals surface area contributed by atoms with Gasteiger partial charge in [-0.25, -0.2) is 0 Å². The smallest absolute Gasteiger partial charge is 0.252 e. The number of benzene rings is 2. The number of primary amides is 1. The highest BCUT2D eigenvalue weighted by atomic mass is 16.5. The lowest BCUT2D eigenvalue weighted by atomic mass is 10.1. The molecule has 2 rings (SSSR count). The Bertz CT molecular complexity index is 657. The molecule has 1 amide bonds. The summed E-state index contributed by atoms with van der Waals surface area (Å²) < 4.78 is 5.56. The predicted molar refractivity (Wildman–Crippen MR) is 70.6 cm³/mol. The Balaban J connectivity index is 2.32. The van der Waals surface area contributed by atoms with Crippen LogP contribution in [-0.2, 0) is 0 Å². The molecule has 0 fully saturated rings. The number of rotatable bonds is 3. The Labute approximate surface area is 110 Å². The summed E-state index contributed by atoms with van der Waals surface area (Å²) in [5, 5.41) is 8.70. The Morgan fingerprint density at radius 3 is 2.42 bits per heavy atom. The number of nitrogens with two attached hydrogens (primary N) is 2. The summed E-state index contributed by atoms with van der Waals surface area (Å²) in [7, 11) is 0. The molecule has 0 spiro atoms. The minimum atomic E-state index is -0.615. The molecule has 0 aliphatic rings. The van der Waals surface area contributed by atoms with Crippen LogP contribution < -0.4 is 16.2 Å². The number of nitrogens with zero attached hydrogens (tertiary/aromatic N) is 1. The Morgan fingerprint density at radius 2 is 1.84 bits per heavy atom. The van der Waals surface area contributed by atoms with E-state index in [1.165, 1.54) is 6.07 Å². The quantitative estimate of drug-likeness (QED) is 0.817. The van der Waals surface area contributed by atoms with Crippen molar-refractivity contribution in [2.45, 2.75) is 0 Å². The van der Waals surface area contributed by atoms with E-state index in [0.29, 0.717) is 22.7 Å². The van der Waals surface area contributed by atoms with Gasteiger partial charge in [0, 0.05) is 5.69 Å². The molecule has 0 radical (unpaired) electrons. The van der Waals surface area contributed by atoms with Crippen molar-refractivity contribution in [2.75, 3.05) is 5.73 Å². The molecule has 4 N–H and O–H groups in total. The van der Waals surface area contributed by atoms with Crippen molar-refractivity contribution < 1.29 is 9.53 Å². The highest BCUT2D eigenvalue weighted by Gasteiger charge is 2.10. The van der Waals surface area contributed by atoms with Crippen molar-refractivity contribution in [1.29, 1.82) is 5.26 Å². The lowest BCUT2D eigenvalue weighted by Crippen LogP contribution is -2.12. The van der Waals surface area contributed by atoms with Gasteiger partial charge in [-0.05, 0) is 42.5 Å². The maximum absolute atomic E-state index is 11.3. The molecule has 2 aromatic rings. The van der Waals surface area contributed by atoms with Gasteiger partial charge in [0.15, 0.2) is 0 Å². The first-order valence-electron chi connectivity index (χ1n) is 5.47. The van der Waals surface area contributed by atoms with Gasteiger partial charge in [-0.3, -0.25) is 4.79 Å². The summed E-state index contributed by atoms with van der Waals surface area (Å²) in [6.07, 6.45) is 0. The molecule has 5 heteroatoms. The summed E-state index contributed by atoms with van der Waals surface area (Å²) in [6.45, 7) is 0. The van der Waals surface area contributed by atoms with Crippen LogP contribution in [0.3, 0.4) is 0 Å². The standard InChI is InChI=1S/C14H11N3O2/c15-8-9-1-4-11(5-2-9)19-13-6-3-10(16)7-12(13)14(17)18/h1-7H,16H2,(H2,17,18). The number of amides is 1. The van der Waals surface area contributed by atoms with Crippen molar-refractivity contribution in [3.05, 3.63) is 53.6 Å². The van der Waals surface area contributed by atoms with E-state index >= 15 is 0 Å². The lowest BCUT2D eigenvalue weighted by molar-refractivity contribution is 0.0998. The van der Waals surface area contributed by atoms with Crippen molar-refractivity contribution in [3.63, 3.8) is 0 Å². The number of carbonyl (C=O) groups excluding carboxylic acids is 1. The van der Waals surface area contributed by atoms with Crippen LogP contribution in [0.25, 0.3) is 0 Å². The molecule has 0 aromatic heterocycles. The summed E-state index contributed by atoms with van der Waals surface area (Å²) in [5.74, 6) is 0.216. The van der Waals surface area contributed by atoms with Gasteiger partial charge in [0.2, 0.25) is 0 Å². The highest BCUT2D eigenvalue weighted by Crippen LogP contribution is 2.27. The molecule has 0 unspecified atom stereocenters. The average molecular weight is 253 g/mol. The fourth-order valence-corrected chi connectivity index (χ4v) is 1.55. The molecule has 0 atom stereocenters. The van der Waals surface area contributed by atoms with Crippen LogP contribution in [0, 0.1) is 11.3 Å². The van der Waals surface area contributed by atoms with E-state index in [-0.39, 0.29) is 5.56 Å². The molecule has 94 valence electrons. The predicted octanol–water partition coefficient (Wildman–Crippen LogP) is 2.03. The van der Waals surface area contributed by atoms with Gasteiger partial charge in [0.05, 0.1) is 17.2 Å². The monoisotopic (exact) mass is 253 g/mol. The molecule has 0 heterocycles. The van der Waals surface area contributed by atoms with Crippen LogP contribution in [-0.4, -0.2) is 5.91 Å². The number of carbonyl (C=O) groups is 1. The first-order valence-corrected chi connectivity index (χ1v) is 5.47. The zero-order chi connectivity index (χ0) is 13.8. The third-order valence-electron chi connectivity index (χ3n) is 2.48. The van der Waals surface area contributed by atoms with Crippen LogP contribution in [0.4, 0.5) is 5.69 Å². The van der Waals surface area contributed by atoms with E-state index in [4.69, 9.17) is 21.5 Å². The Kier molecular flexibility index (Phi) is 3.35. The Morgan fingerprint density at radius 1 is 1.16 bits per heavy atom. The fourth-order valence-electron chi connectivity index (χ4n) is 1.55. The van der Waals surface area contributed by atoms with Gasteiger partial charge in [-0.15, -0.1) is 0 Å². The normalized spacial score (nSPS) is 9.63. The largest absolute Gasteiger partial charge is 0.457 e. The van der Waals surface area contributed by atoms with E-state index in [2.05, 4.69) is 0 Å². The van der Waals surface area contributed by atoms with E-state index in [1.54, 1.807) is 36.4 Å². The molecular weight excluding hydrogens is 242 g/mol. The first-order chi connectivity index (χ1) is 9.10. The molecule has 0 aliphatic heterocycles. The second-order valence-corrected chi connectivity index (χ2v) is 3.86. The molecular formula is C14H11N3O2. The third kappa shape index (κ3) is 2.82. The highest BCUT2D eigenvalue weighted by molar-refractivity contribution is 5.96. The molecule has 0 saturated carbocycles. The Hall–Kier alpha value is -3.00. The molecule has 0 saturated heterocycles. The summed E-state index contributed by atoms with van der Waals surface area (Å²) in [6, 6.07) is 13.2. The molecule has 2 aromatic carbocycles. The molecule has 0 bridgehead atoms. The maximum atomic E-state index is 11.3. The van der Waals surface area contributed by atoms with Crippen LogP contribution in [0.5, 0.6) is 11.5 Å². The van der Waals surface area contributed by atoms with Gasteiger partial charge in [0.25, 0.3) is 5.91 Å². The zero-order valence-electron chi connectivity index (χ0n) is 9.96. The van der Waals surface area contributed by atoms with Gasteiger partial charge >= 0.3 is 0 Å². The fraction of sp³-hybridized carbons (Fsp3) is 0. The van der Waals surface area contributed by atoms with Crippen LogP contribution in [0.2, 0.25) is 0 Å². The first kappa shape index (κ1) is 12.5. The van der Waals surface area contributed by atoms with Gasteiger partial charge in [0.1, 0.15) is 11.5 Å². The number of nitriles is 1. The minimum Gasteiger partial charge on any atom is -0.457 e. The summed E-state index contributed by atoms with van der Waals surface area (Å²) in [5.41, 5.74) is 12.0. The summed E-state index contributed by atoms with van der Waals surface area (Å²) >= 11 is 0. The van der Waals surface area contributed by atoms with Crippen molar-refractivity contribution in [2.24, 2.45) is 5.73 Å². The van der Waals surface area contributed by atoms with Crippen molar-refractivity contribution in [1.82, 2.24) is 0 Å². The van der Waals surface area contributed by atoms with E-state index in [0.717, 1.165) is 0 Å². The van der Waals surface area contributed by atoms with Crippen LogP contribution in [0.1, 0.15) is 15.9 Å². The topological polar surface area (TPSA) is 102 Å². The molecule has 0 aliphatic carbocycles. The number of hydrogen-bond donors (Lipinski definition) is 2. The number of ether oxygens (including phenoxy) is 1. The minimum absolute atomic E-state index is 0.212. The van der Waals surface area contributed by atoms with E-state index < -0.39 is 5.91 Å². The number of nitrogen functional groups attached to an aromatic ring is 1. The average Bonchev–Trinajstić information content (AvgIpc) is 2.41. The van der Waals surface area contributed by atoms with Crippen LogP contribution >= 0.6 is 0 Å². The van der Waals surface area contributed by atoms with Gasteiger partial charge in [-0.1, -0.05) is 0 Å². The van der Waals surface area contributed by atoms with E-state index in [9.17, 15) is 4.79 Å². The third-order valence-corrected chi connectivity index (χ3v) is 2.48.